The Morgan fingerprint density at radius 2 is 1.71 bits per heavy atom. The quantitative estimate of drug-likeness (QED) is 0.819. The molecule has 0 fully saturated rings. The molecular weight excluding hydrogens is 208 g/mol. The molecule has 2 N–H and O–H groups in total. The first-order chi connectivity index (χ1) is 8.12. The molecule has 0 spiro atoms. The van der Waals surface area contributed by atoms with Crippen LogP contribution in [0.4, 0.5) is 0 Å². The average molecular weight is 234 g/mol. The van der Waals surface area contributed by atoms with Gasteiger partial charge in [0.05, 0.1) is 0 Å². The van der Waals surface area contributed by atoms with Gasteiger partial charge in [0.1, 0.15) is 0 Å². The molecule has 0 aromatic heterocycles. The van der Waals surface area contributed by atoms with Crippen LogP contribution in [0.15, 0.2) is 18.2 Å². The number of hydrogen-bond donors (Lipinski definition) is 1. The van der Waals surface area contributed by atoms with Gasteiger partial charge in [-0.2, -0.15) is 0 Å². The molecule has 0 saturated heterocycles. The van der Waals surface area contributed by atoms with Crippen molar-refractivity contribution in [2.24, 2.45) is 5.73 Å². The molecular formula is C15H26N2. The molecule has 2 nitrogen and oxygen atoms in total. The molecule has 2 heteroatoms. The van der Waals surface area contributed by atoms with Crippen LogP contribution in [0.25, 0.3) is 0 Å². The van der Waals surface area contributed by atoms with Gasteiger partial charge in [-0.05, 0) is 38.9 Å². The smallest absolute Gasteiger partial charge is 0.0470 e. The molecule has 1 rings (SSSR count). The molecule has 1 atom stereocenters. The van der Waals surface area contributed by atoms with Gasteiger partial charge in [0, 0.05) is 12.6 Å². The Morgan fingerprint density at radius 1 is 1.12 bits per heavy atom. The van der Waals surface area contributed by atoms with Crippen LogP contribution in [0, 0.1) is 13.8 Å². The normalized spacial score (nSPS) is 13.1. The van der Waals surface area contributed by atoms with E-state index in [1.54, 1.807) is 0 Å². The fraction of sp³-hybridized carbons (Fsp3) is 0.600. The van der Waals surface area contributed by atoms with E-state index in [9.17, 15) is 0 Å². The van der Waals surface area contributed by atoms with Crippen molar-refractivity contribution in [2.75, 3.05) is 19.6 Å². The summed E-state index contributed by atoms with van der Waals surface area (Å²) in [5.41, 5.74) is 9.98. The van der Waals surface area contributed by atoms with Gasteiger partial charge < -0.3 is 5.73 Å². The monoisotopic (exact) mass is 234 g/mol. The maximum atomic E-state index is 5.97. The van der Waals surface area contributed by atoms with Crippen LogP contribution in [-0.4, -0.2) is 24.5 Å². The maximum absolute atomic E-state index is 5.97. The lowest BCUT2D eigenvalue weighted by molar-refractivity contribution is 0.212. The minimum Gasteiger partial charge on any atom is -0.329 e. The van der Waals surface area contributed by atoms with E-state index in [4.69, 9.17) is 5.73 Å². The standard InChI is InChI=1S/C15H26N2/c1-5-7-17(6-2)15(11-16)14-9-12(3)8-13(4)10-14/h8-10,15H,5-7,11,16H2,1-4H3. The van der Waals surface area contributed by atoms with Gasteiger partial charge >= 0.3 is 0 Å². The Labute approximate surface area is 106 Å². The minimum absolute atomic E-state index is 0.360. The van der Waals surface area contributed by atoms with E-state index < -0.39 is 0 Å². The Kier molecular flexibility index (Phi) is 5.66. The van der Waals surface area contributed by atoms with Crippen molar-refractivity contribution in [3.05, 3.63) is 34.9 Å². The number of likely N-dealkylation sites (N-methyl/N-ethyl adjacent to an activating group) is 1. The van der Waals surface area contributed by atoms with Crippen LogP contribution in [-0.2, 0) is 0 Å². The van der Waals surface area contributed by atoms with Crippen LogP contribution in [0.3, 0.4) is 0 Å². The molecule has 0 radical (unpaired) electrons. The second kappa shape index (κ2) is 6.77. The van der Waals surface area contributed by atoms with Crippen LogP contribution in [0.5, 0.6) is 0 Å². The van der Waals surface area contributed by atoms with Crippen molar-refractivity contribution in [2.45, 2.75) is 40.2 Å². The van der Waals surface area contributed by atoms with Crippen LogP contribution < -0.4 is 5.73 Å². The molecule has 17 heavy (non-hydrogen) atoms. The molecule has 0 aliphatic rings. The van der Waals surface area contributed by atoms with Crippen LogP contribution in [0.1, 0.15) is 43.0 Å². The summed E-state index contributed by atoms with van der Waals surface area (Å²) in [4.78, 5) is 2.47. The number of aryl methyl sites for hydroxylation is 2. The third-order valence-electron chi connectivity index (χ3n) is 3.21. The van der Waals surface area contributed by atoms with E-state index in [0.29, 0.717) is 12.6 Å². The summed E-state index contributed by atoms with van der Waals surface area (Å²) in [5.74, 6) is 0. The third-order valence-corrected chi connectivity index (χ3v) is 3.21. The topological polar surface area (TPSA) is 29.3 Å². The van der Waals surface area contributed by atoms with Gasteiger partial charge in [0.2, 0.25) is 0 Å². The minimum atomic E-state index is 0.360. The van der Waals surface area contributed by atoms with Crippen molar-refractivity contribution < 1.29 is 0 Å². The van der Waals surface area contributed by atoms with Gasteiger partial charge in [-0.3, -0.25) is 4.90 Å². The summed E-state index contributed by atoms with van der Waals surface area (Å²) in [7, 11) is 0. The second-order valence-electron chi connectivity index (χ2n) is 4.80. The lowest BCUT2D eigenvalue weighted by Gasteiger charge is -2.30. The van der Waals surface area contributed by atoms with E-state index in [1.807, 2.05) is 0 Å². The summed E-state index contributed by atoms with van der Waals surface area (Å²) in [6.07, 6.45) is 1.18. The summed E-state index contributed by atoms with van der Waals surface area (Å²) in [6.45, 7) is 11.6. The van der Waals surface area contributed by atoms with Crippen molar-refractivity contribution in [1.82, 2.24) is 4.90 Å². The molecule has 0 aliphatic heterocycles. The lowest BCUT2D eigenvalue weighted by atomic mass is 10.00. The average Bonchev–Trinajstić information content (AvgIpc) is 2.27. The summed E-state index contributed by atoms with van der Waals surface area (Å²) < 4.78 is 0. The van der Waals surface area contributed by atoms with Crippen molar-refractivity contribution >= 4 is 0 Å². The number of rotatable bonds is 6. The van der Waals surface area contributed by atoms with Gasteiger partial charge in [-0.15, -0.1) is 0 Å². The fourth-order valence-electron chi connectivity index (χ4n) is 2.52. The first-order valence-electron chi connectivity index (χ1n) is 6.64. The number of nitrogens with two attached hydrogens (primary N) is 1. The molecule has 0 aliphatic carbocycles. The highest BCUT2D eigenvalue weighted by atomic mass is 15.2. The molecule has 1 unspecified atom stereocenters. The number of benzene rings is 1. The van der Waals surface area contributed by atoms with Gasteiger partial charge in [0.15, 0.2) is 0 Å². The lowest BCUT2D eigenvalue weighted by Crippen LogP contribution is -2.34. The van der Waals surface area contributed by atoms with E-state index in [2.05, 4.69) is 50.8 Å². The Hall–Kier alpha value is -0.860. The van der Waals surface area contributed by atoms with Gasteiger partial charge in [0.25, 0.3) is 0 Å². The molecule has 96 valence electrons. The zero-order valence-electron chi connectivity index (χ0n) is 11.7. The molecule has 0 heterocycles. The third kappa shape index (κ3) is 3.83. The maximum Gasteiger partial charge on any atom is 0.0470 e. The Morgan fingerprint density at radius 3 is 2.12 bits per heavy atom. The predicted octanol–water partition coefficient (Wildman–Crippen LogP) is 3.04. The molecule has 0 amide bonds. The Balaban J connectivity index is 2.98. The Bertz CT molecular complexity index is 327. The van der Waals surface area contributed by atoms with Crippen molar-refractivity contribution in [1.29, 1.82) is 0 Å². The van der Waals surface area contributed by atoms with E-state index >= 15 is 0 Å². The SMILES string of the molecule is CCCN(CC)C(CN)c1cc(C)cc(C)c1. The highest BCUT2D eigenvalue weighted by Gasteiger charge is 2.17. The highest BCUT2D eigenvalue weighted by Crippen LogP contribution is 2.22. The molecule has 0 bridgehead atoms. The molecule has 1 aromatic carbocycles. The fourth-order valence-corrected chi connectivity index (χ4v) is 2.52. The summed E-state index contributed by atoms with van der Waals surface area (Å²) in [5, 5.41) is 0. The number of hydrogen-bond acceptors (Lipinski definition) is 2. The largest absolute Gasteiger partial charge is 0.329 e. The van der Waals surface area contributed by atoms with Gasteiger partial charge in [-0.25, -0.2) is 0 Å². The van der Waals surface area contributed by atoms with Crippen LogP contribution in [0.2, 0.25) is 0 Å². The van der Waals surface area contributed by atoms with E-state index in [0.717, 1.165) is 13.1 Å². The molecule has 0 saturated carbocycles. The zero-order valence-corrected chi connectivity index (χ0v) is 11.7. The van der Waals surface area contributed by atoms with Crippen molar-refractivity contribution in [3.63, 3.8) is 0 Å². The molecule has 1 aromatic rings. The highest BCUT2D eigenvalue weighted by molar-refractivity contribution is 5.31. The summed E-state index contributed by atoms with van der Waals surface area (Å²) in [6, 6.07) is 7.11. The first kappa shape index (κ1) is 14.2. The second-order valence-corrected chi connectivity index (χ2v) is 4.80. The van der Waals surface area contributed by atoms with Crippen molar-refractivity contribution in [3.8, 4) is 0 Å². The number of nitrogens with zero attached hydrogens (tertiary/aromatic N) is 1. The zero-order chi connectivity index (χ0) is 12.8. The van der Waals surface area contributed by atoms with E-state index in [-0.39, 0.29) is 0 Å². The van der Waals surface area contributed by atoms with Gasteiger partial charge in [-0.1, -0.05) is 43.2 Å². The predicted molar refractivity (Wildman–Crippen MR) is 75.2 cm³/mol. The summed E-state index contributed by atoms with van der Waals surface area (Å²) >= 11 is 0. The van der Waals surface area contributed by atoms with E-state index in [1.165, 1.54) is 23.1 Å². The first-order valence-corrected chi connectivity index (χ1v) is 6.64. The van der Waals surface area contributed by atoms with Crippen LogP contribution >= 0.6 is 0 Å².